The molecule has 0 atom stereocenters. The Balaban J connectivity index is 1.57. The fourth-order valence-electron chi connectivity index (χ4n) is 3.01. The number of anilines is 3. The maximum absolute atomic E-state index is 12.9. The number of para-hydroxylation sites is 1. The molecule has 1 N–H and O–H groups in total. The van der Waals surface area contributed by atoms with Gasteiger partial charge in [0.25, 0.3) is 5.91 Å². The fraction of sp³-hybridized carbons (Fsp3) is 0.100. The van der Waals surface area contributed by atoms with Gasteiger partial charge in [0.1, 0.15) is 5.69 Å². The molecule has 2 heterocycles. The van der Waals surface area contributed by atoms with Crippen molar-refractivity contribution in [2.75, 3.05) is 16.8 Å². The number of nitrogens with one attached hydrogen (secondary N) is 1. The molecule has 0 saturated carbocycles. The van der Waals surface area contributed by atoms with Gasteiger partial charge in [-0.05, 0) is 54.4 Å². The molecule has 0 unspecified atom stereocenters. The van der Waals surface area contributed by atoms with Crippen LogP contribution in [0.15, 0.2) is 71.3 Å². The number of amides is 1. The number of pyridine rings is 1. The molecular weight excluding hydrogens is 378 g/mol. The van der Waals surface area contributed by atoms with Gasteiger partial charge < -0.3 is 10.2 Å². The molecule has 5 heteroatoms. The van der Waals surface area contributed by atoms with Crippen LogP contribution in [-0.2, 0) is 6.42 Å². The maximum atomic E-state index is 12.9. The molecule has 0 radical (unpaired) electrons. The van der Waals surface area contributed by atoms with Crippen molar-refractivity contribution in [3.05, 3.63) is 82.6 Å². The van der Waals surface area contributed by atoms with Crippen LogP contribution in [0, 0.1) is 0 Å². The van der Waals surface area contributed by atoms with Crippen molar-refractivity contribution in [3.63, 3.8) is 0 Å². The molecule has 4 rings (SSSR count). The van der Waals surface area contributed by atoms with Gasteiger partial charge in [0.15, 0.2) is 0 Å². The SMILES string of the molecule is O=C(c1cc(Nc2ccc(Br)cc2)ccn1)N1CCc2ccccc21. The van der Waals surface area contributed by atoms with E-state index >= 15 is 0 Å². The average Bonchev–Trinajstić information content (AvgIpc) is 3.07. The molecule has 2 aromatic carbocycles. The first-order valence-electron chi connectivity index (χ1n) is 8.09. The second-order valence-corrected chi connectivity index (χ2v) is 6.81. The van der Waals surface area contributed by atoms with Crippen molar-refractivity contribution in [2.45, 2.75) is 6.42 Å². The highest BCUT2D eigenvalue weighted by molar-refractivity contribution is 9.10. The van der Waals surface area contributed by atoms with Gasteiger partial charge in [-0.25, -0.2) is 0 Å². The van der Waals surface area contributed by atoms with Gasteiger partial charge in [0, 0.05) is 34.3 Å². The molecule has 4 nitrogen and oxygen atoms in total. The first-order chi connectivity index (χ1) is 12.2. The van der Waals surface area contributed by atoms with Gasteiger partial charge in [-0.1, -0.05) is 34.1 Å². The van der Waals surface area contributed by atoms with E-state index in [4.69, 9.17) is 0 Å². The van der Waals surface area contributed by atoms with Crippen molar-refractivity contribution >= 4 is 38.9 Å². The number of benzene rings is 2. The summed E-state index contributed by atoms with van der Waals surface area (Å²) in [6.45, 7) is 0.699. The summed E-state index contributed by atoms with van der Waals surface area (Å²) in [6.07, 6.45) is 2.55. The lowest BCUT2D eigenvalue weighted by atomic mass is 10.2. The van der Waals surface area contributed by atoms with E-state index < -0.39 is 0 Å². The summed E-state index contributed by atoms with van der Waals surface area (Å²) in [4.78, 5) is 19.0. The Labute approximate surface area is 154 Å². The zero-order valence-electron chi connectivity index (χ0n) is 13.4. The van der Waals surface area contributed by atoms with Crippen molar-refractivity contribution in [1.82, 2.24) is 4.98 Å². The van der Waals surface area contributed by atoms with E-state index in [2.05, 4.69) is 32.3 Å². The predicted octanol–water partition coefficient (Wildman–Crippen LogP) is 4.79. The largest absolute Gasteiger partial charge is 0.355 e. The Kier molecular flexibility index (Phi) is 4.24. The van der Waals surface area contributed by atoms with E-state index in [-0.39, 0.29) is 5.91 Å². The molecule has 0 aliphatic carbocycles. The minimum Gasteiger partial charge on any atom is -0.355 e. The van der Waals surface area contributed by atoms with Crippen molar-refractivity contribution in [1.29, 1.82) is 0 Å². The van der Waals surface area contributed by atoms with Crippen molar-refractivity contribution in [2.24, 2.45) is 0 Å². The van der Waals surface area contributed by atoms with E-state index in [1.807, 2.05) is 48.5 Å². The molecule has 25 heavy (non-hydrogen) atoms. The molecule has 1 aliphatic heterocycles. The van der Waals surface area contributed by atoms with Crippen molar-refractivity contribution < 1.29 is 4.79 Å². The zero-order valence-corrected chi connectivity index (χ0v) is 15.0. The standard InChI is InChI=1S/C20H16BrN3O/c21-15-5-7-16(8-6-15)23-17-9-11-22-18(13-17)20(25)24-12-10-14-3-1-2-4-19(14)24/h1-9,11,13H,10,12H2,(H,22,23). The van der Waals surface area contributed by atoms with Crippen LogP contribution in [0.5, 0.6) is 0 Å². The highest BCUT2D eigenvalue weighted by Crippen LogP contribution is 2.29. The lowest BCUT2D eigenvalue weighted by molar-refractivity contribution is 0.0984. The van der Waals surface area contributed by atoms with Crippen LogP contribution >= 0.6 is 15.9 Å². The summed E-state index contributed by atoms with van der Waals surface area (Å²) in [7, 11) is 0. The first-order valence-corrected chi connectivity index (χ1v) is 8.88. The van der Waals surface area contributed by atoms with Gasteiger partial charge in [0.05, 0.1) is 0 Å². The summed E-state index contributed by atoms with van der Waals surface area (Å²) >= 11 is 3.42. The highest BCUT2D eigenvalue weighted by Gasteiger charge is 2.25. The third-order valence-corrected chi connectivity index (χ3v) is 4.77. The number of hydrogen-bond donors (Lipinski definition) is 1. The van der Waals surface area contributed by atoms with Crippen molar-refractivity contribution in [3.8, 4) is 0 Å². The molecule has 0 spiro atoms. The number of fused-ring (bicyclic) bond motifs is 1. The number of hydrogen-bond acceptors (Lipinski definition) is 3. The number of halogens is 1. The first kappa shape index (κ1) is 15.8. The lowest BCUT2D eigenvalue weighted by Crippen LogP contribution is -2.29. The van der Waals surface area contributed by atoms with E-state index in [1.165, 1.54) is 5.56 Å². The van der Waals surface area contributed by atoms with Gasteiger partial charge in [-0.3, -0.25) is 9.78 Å². The summed E-state index contributed by atoms with van der Waals surface area (Å²) < 4.78 is 1.02. The Morgan fingerprint density at radius 3 is 2.68 bits per heavy atom. The summed E-state index contributed by atoms with van der Waals surface area (Å²) in [6, 6.07) is 19.6. The Morgan fingerprint density at radius 2 is 1.84 bits per heavy atom. The maximum Gasteiger partial charge on any atom is 0.276 e. The zero-order chi connectivity index (χ0) is 17.2. The Hall–Kier alpha value is -2.66. The third kappa shape index (κ3) is 3.28. The van der Waals surface area contributed by atoms with E-state index in [9.17, 15) is 4.79 Å². The minimum atomic E-state index is -0.0654. The van der Waals surface area contributed by atoms with Crippen LogP contribution in [-0.4, -0.2) is 17.4 Å². The molecular formula is C20H16BrN3O. The molecule has 0 saturated heterocycles. The normalized spacial score (nSPS) is 12.8. The van der Waals surface area contributed by atoms with E-state index in [1.54, 1.807) is 17.2 Å². The molecule has 0 fully saturated rings. The van der Waals surface area contributed by atoms with Gasteiger partial charge >= 0.3 is 0 Å². The molecule has 3 aromatic rings. The van der Waals surface area contributed by atoms with Crippen LogP contribution in [0.4, 0.5) is 17.1 Å². The molecule has 1 amide bonds. The van der Waals surface area contributed by atoms with Crippen LogP contribution in [0.25, 0.3) is 0 Å². The Morgan fingerprint density at radius 1 is 1.04 bits per heavy atom. The summed E-state index contributed by atoms with van der Waals surface area (Å²) in [5, 5.41) is 3.30. The molecule has 0 bridgehead atoms. The van der Waals surface area contributed by atoms with Crippen LogP contribution in [0.1, 0.15) is 16.1 Å². The number of rotatable bonds is 3. The fourth-order valence-corrected chi connectivity index (χ4v) is 3.28. The van der Waals surface area contributed by atoms with E-state index in [0.717, 1.165) is 28.0 Å². The molecule has 1 aliphatic rings. The summed E-state index contributed by atoms with van der Waals surface area (Å²) in [5.41, 5.74) is 4.44. The molecule has 1 aromatic heterocycles. The van der Waals surface area contributed by atoms with Crippen LogP contribution < -0.4 is 10.2 Å². The quantitative estimate of drug-likeness (QED) is 0.695. The van der Waals surface area contributed by atoms with Crippen LogP contribution in [0.3, 0.4) is 0 Å². The smallest absolute Gasteiger partial charge is 0.276 e. The predicted molar refractivity (Wildman–Crippen MR) is 103 cm³/mol. The van der Waals surface area contributed by atoms with E-state index in [0.29, 0.717) is 12.2 Å². The minimum absolute atomic E-state index is 0.0654. The second kappa shape index (κ2) is 6.69. The molecule has 124 valence electrons. The van der Waals surface area contributed by atoms with Crippen LogP contribution in [0.2, 0.25) is 0 Å². The third-order valence-electron chi connectivity index (χ3n) is 4.24. The monoisotopic (exact) mass is 393 g/mol. The van der Waals surface area contributed by atoms with Gasteiger partial charge in [-0.15, -0.1) is 0 Å². The second-order valence-electron chi connectivity index (χ2n) is 5.90. The average molecular weight is 394 g/mol. The lowest BCUT2D eigenvalue weighted by Gasteiger charge is -2.17. The number of nitrogens with zero attached hydrogens (tertiary/aromatic N) is 2. The van der Waals surface area contributed by atoms with Gasteiger partial charge in [-0.2, -0.15) is 0 Å². The number of carbonyl (C=O) groups excluding carboxylic acids is 1. The number of aromatic nitrogens is 1. The highest BCUT2D eigenvalue weighted by atomic mass is 79.9. The topological polar surface area (TPSA) is 45.2 Å². The Bertz CT molecular complexity index is 924. The van der Waals surface area contributed by atoms with Gasteiger partial charge in [0.2, 0.25) is 0 Å². The summed E-state index contributed by atoms with van der Waals surface area (Å²) in [5.74, 6) is -0.0654. The number of carbonyl (C=O) groups is 1.